The summed E-state index contributed by atoms with van der Waals surface area (Å²) < 4.78 is 18.0. The second kappa shape index (κ2) is 5.02. The minimum Gasteiger partial charge on any atom is -0.462 e. The Morgan fingerprint density at radius 1 is 1.62 bits per heavy atom. The molecule has 0 spiro atoms. The number of rotatable bonds is 3. The molecule has 0 aliphatic heterocycles. The summed E-state index contributed by atoms with van der Waals surface area (Å²) in [4.78, 5) is 20.9. The number of halogens is 2. The highest BCUT2D eigenvalue weighted by Gasteiger charge is 2.21. The van der Waals surface area contributed by atoms with Crippen molar-refractivity contribution in [2.45, 2.75) is 6.92 Å². The minimum absolute atomic E-state index is 0.0787. The molecule has 5 nitrogen and oxygen atoms in total. The number of carbonyl (C=O) groups excluding carboxylic acids is 1. The molecule has 1 aromatic carbocycles. The quantitative estimate of drug-likeness (QED) is 0.488. The normalized spacial score (nSPS) is 9.94. The van der Waals surface area contributed by atoms with Crippen LogP contribution in [0.5, 0.6) is 0 Å². The van der Waals surface area contributed by atoms with Crippen LogP contribution in [0.25, 0.3) is 0 Å². The molecular formula is C9H7BrFNO4. The molecule has 0 heterocycles. The summed E-state index contributed by atoms with van der Waals surface area (Å²) in [6.45, 7) is 1.75. The highest BCUT2D eigenvalue weighted by Crippen LogP contribution is 2.26. The largest absolute Gasteiger partial charge is 0.462 e. The number of hydrogen-bond donors (Lipinski definition) is 0. The number of esters is 1. The van der Waals surface area contributed by atoms with Crippen molar-refractivity contribution in [1.82, 2.24) is 0 Å². The summed E-state index contributed by atoms with van der Waals surface area (Å²) >= 11 is 2.95. The zero-order chi connectivity index (χ0) is 12.3. The Hall–Kier alpha value is -1.50. The van der Waals surface area contributed by atoms with Crippen LogP contribution in [0.15, 0.2) is 16.6 Å². The van der Waals surface area contributed by atoms with Crippen LogP contribution >= 0.6 is 15.9 Å². The van der Waals surface area contributed by atoms with Crippen LogP contribution in [-0.2, 0) is 4.74 Å². The number of nitrogens with zero attached hydrogens (tertiary/aromatic N) is 1. The first kappa shape index (κ1) is 12.6. The number of hydrogen-bond acceptors (Lipinski definition) is 4. The molecule has 0 saturated carbocycles. The standard InChI is InChI=1S/C9H7BrFNO4/c1-2-16-9(13)5-3-7(11)8(12(14)15)4-6(5)10/h3-4H,2H2,1H3. The second-order valence-corrected chi connectivity index (χ2v) is 3.62. The first-order valence-corrected chi connectivity index (χ1v) is 5.07. The van der Waals surface area contributed by atoms with Crippen molar-refractivity contribution in [2.75, 3.05) is 6.61 Å². The van der Waals surface area contributed by atoms with Gasteiger partial charge in [0.05, 0.1) is 17.1 Å². The predicted molar refractivity (Wildman–Crippen MR) is 56.7 cm³/mol. The van der Waals surface area contributed by atoms with E-state index in [0.29, 0.717) is 0 Å². The van der Waals surface area contributed by atoms with Gasteiger partial charge in [-0.2, -0.15) is 4.39 Å². The first-order valence-electron chi connectivity index (χ1n) is 4.28. The molecule has 16 heavy (non-hydrogen) atoms. The van der Waals surface area contributed by atoms with Gasteiger partial charge in [0.15, 0.2) is 0 Å². The number of nitro groups is 1. The second-order valence-electron chi connectivity index (χ2n) is 2.76. The lowest BCUT2D eigenvalue weighted by molar-refractivity contribution is -0.387. The Morgan fingerprint density at radius 2 is 2.25 bits per heavy atom. The number of benzene rings is 1. The van der Waals surface area contributed by atoms with Crippen molar-refractivity contribution < 1.29 is 18.8 Å². The summed E-state index contributed by atoms with van der Waals surface area (Å²) in [6.07, 6.45) is 0. The summed E-state index contributed by atoms with van der Waals surface area (Å²) in [7, 11) is 0. The smallest absolute Gasteiger partial charge is 0.339 e. The van der Waals surface area contributed by atoms with Gasteiger partial charge in [0, 0.05) is 10.5 Å². The van der Waals surface area contributed by atoms with Gasteiger partial charge >= 0.3 is 11.7 Å². The van der Waals surface area contributed by atoms with Crippen molar-refractivity contribution in [3.05, 3.63) is 38.1 Å². The van der Waals surface area contributed by atoms with Gasteiger partial charge in [0.2, 0.25) is 5.82 Å². The van der Waals surface area contributed by atoms with Crippen molar-refractivity contribution in [1.29, 1.82) is 0 Å². The molecule has 0 bridgehead atoms. The van der Waals surface area contributed by atoms with Crippen molar-refractivity contribution in [2.24, 2.45) is 0 Å². The molecule has 0 saturated heterocycles. The van der Waals surface area contributed by atoms with Gasteiger partial charge in [-0.05, 0) is 28.9 Å². The Bertz CT molecular complexity index is 449. The molecule has 1 rings (SSSR count). The van der Waals surface area contributed by atoms with E-state index in [-0.39, 0.29) is 16.6 Å². The average Bonchev–Trinajstić information content (AvgIpc) is 2.20. The SMILES string of the molecule is CCOC(=O)c1cc(F)c([N+](=O)[O-])cc1Br. The maximum atomic E-state index is 13.2. The molecule has 0 aliphatic carbocycles. The van der Waals surface area contributed by atoms with Crippen LogP contribution in [0.2, 0.25) is 0 Å². The minimum atomic E-state index is -1.07. The highest BCUT2D eigenvalue weighted by molar-refractivity contribution is 9.10. The first-order chi connectivity index (χ1) is 7.47. The molecule has 0 radical (unpaired) electrons. The van der Waals surface area contributed by atoms with E-state index in [1.807, 2.05) is 0 Å². The molecule has 0 unspecified atom stereocenters. The number of ether oxygens (including phenoxy) is 1. The third-order valence-corrected chi connectivity index (χ3v) is 2.38. The van der Waals surface area contributed by atoms with Gasteiger partial charge in [-0.1, -0.05) is 0 Å². The molecule has 0 aliphatic rings. The zero-order valence-corrected chi connectivity index (χ0v) is 9.78. The number of nitro benzene ring substituents is 1. The zero-order valence-electron chi connectivity index (χ0n) is 8.20. The number of carbonyl (C=O) groups is 1. The van der Waals surface area contributed by atoms with Crippen LogP contribution in [0, 0.1) is 15.9 Å². The summed E-state index contributed by atoms with van der Waals surface area (Å²) in [5.41, 5.74) is -0.773. The monoisotopic (exact) mass is 291 g/mol. The van der Waals surface area contributed by atoms with Crippen molar-refractivity contribution in [3.8, 4) is 0 Å². The van der Waals surface area contributed by atoms with Crippen molar-refractivity contribution in [3.63, 3.8) is 0 Å². The van der Waals surface area contributed by atoms with E-state index < -0.39 is 22.4 Å². The molecule has 0 aromatic heterocycles. The van der Waals surface area contributed by atoms with E-state index in [1.165, 1.54) is 0 Å². The summed E-state index contributed by atoms with van der Waals surface area (Å²) in [5, 5.41) is 10.4. The van der Waals surface area contributed by atoms with E-state index in [9.17, 15) is 19.3 Å². The van der Waals surface area contributed by atoms with E-state index in [0.717, 1.165) is 12.1 Å². The van der Waals surface area contributed by atoms with Crippen LogP contribution < -0.4 is 0 Å². The third-order valence-electron chi connectivity index (χ3n) is 1.73. The van der Waals surface area contributed by atoms with Gasteiger partial charge in [-0.25, -0.2) is 4.79 Å². The third kappa shape index (κ3) is 2.54. The van der Waals surface area contributed by atoms with E-state index in [2.05, 4.69) is 20.7 Å². The maximum Gasteiger partial charge on any atom is 0.339 e. The lowest BCUT2D eigenvalue weighted by Gasteiger charge is -2.04. The fourth-order valence-electron chi connectivity index (χ4n) is 1.04. The van der Waals surface area contributed by atoms with Gasteiger partial charge in [0.1, 0.15) is 0 Å². The van der Waals surface area contributed by atoms with Crippen LogP contribution in [0.3, 0.4) is 0 Å². The van der Waals surface area contributed by atoms with Gasteiger partial charge in [0.25, 0.3) is 0 Å². The topological polar surface area (TPSA) is 69.4 Å². The van der Waals surface area contributed by atoms with Crippen molar-refractivity contribution >= 4 is 27.6 Å². The van der Waals surface area contributed by atoms with E-state index >= 15 is 0 Å². The molecular weight excluding hydrogens is 285 g/mol. The van der Waals surface area contributed by atoms with Gasteiger partial charge in [-0.3, -0.25) is 10.1 Å². The molecule has 86 valence electrons. The lowest BCUT2D eigenvalue weighted by Crippen LogP contribution is -2.07. The molecule has 0 amide bonds. The summed E-state index contributed by atoms with van der Waals surface area (Å²) in [5.74, 6) is -1.81. The van der Waals surface area contributed by atoms with Crippen LogP contribution in [-0.4, -0.2) is 17.5 Å². The van der Waals surface area contributed by atoms with Gasteiger partial charge in [-0.15, -0.1) is 0 Å². The van der Waals surface area contributed by atoms with E-state index in [1.54, 1.807) is 6.92 Å². The lowest BCUT2D eigenvalue weighted by atomic mass is 10.2. The molecule has 0 fully saturated rings. The molecule has 0 N–H and O–H groups in total. The Morgan fingerprint density at radius 3 is 2.75 bits per heavy atom. The molecule has 1 aromatic rings. The molecule has 0 atom stereocenters. The predicted octanol–water partition coefficient (Wildman–Crippen LogP) is 2.67. The Kier molecular flexibility index (Phi) is 3.94. The average molecular weight is 292 g/mol. The fraction of sp³-hybridized carbons (Fsp3) is 0.222. The summed E-state index contributed by atoms with van der Waals surface area (Å²) in [6, 6.07) is 1.71. The van der Waals surface area contributed by atoms with Gasteiger partial charge < -0.3 is 4.74 Å². The van der Waals surface area contributed by atoms with Crippen LogP contribution in [0.1, 0.15) is 17.3 Å². The maximum absolute atomic E-state index is 13.2. The highest BCUT2D eigenvalue weighted by atomic mass is 79.9. The Labute approximate surface area is 98.5 Å². The Balaban J connectivity index is 3.20. The molecule has 7 heteroatoms. The van der Waals surface area contributed by atoms with Crippen LogP contribution in [0.4, 0.5) is 10.1 Å². The fourth-order valence-corrected chi connectivity index (χ4v) is 1.53. The van der Waals surface area contributed by atoms with E-state index in [4.69, 9.17) is 0 Å².